The number of oxazole rings is 1. The number of aryl methyl sites for hydroxylation is 1. The summed E-state index contributed by atoms with van der Waals surface area (Å²) in [4.78, 5) is 22.3. The Morgan fingerprint density at radius 1 is 1.53 bits per heavy atom. The van der Waals surface area contributed by atoms with E-state index in [-0.39, 0.29) is 18.2 Å². The predicted molar refractivity (Wildman–Crippen MR) is 63.7 cm³/mol. The van der Waals surface area contributed by atoms with Crippen molar-refractivity contribution in [3.63, 3.8) is 0 Å². The molecule has 0 saturated carbocycles. The third kappa shape index (κ3) is 2.14. The van der Waals surface area contributed by atoms with Gasteiger partial charge in [-0.25, -0.2) is 4.79 Å². The van der Waals surface area contributed by atoms with Gasteiger partial charge in [-0.2, -0.15) is 0 Å². The average Bonchev–Trinajstić information content (AvgIpc) is 2.54. The molecule has 0 aliphatic carbocycles. The zero-order chi connectivity index (χ0) is 12.6. The third-order valence-electron chi connectivity index (χ3n) is 2.75. The number of benzene rings is 1. The van der Waals surface area contributed by atoms with Crippen molar-refractivity contribution in [3.05, 3.63) is 34.3 Å². The van der Waals surface area contributed by atoms with E-state index in [1.165, 1.54) is 11.5 Å². The lowest BCUT2D eigenvalue weighted by Gasteiger charge is -2.09. The minimum absolute atomic E-state index is 0.0404. The first-order valence-electron chi connectivity index (χ1n) is 5.33. The van der Waals surface area contributed by atoms with Crippen LogP contribution in [0, 0.1) is 0 Å². The average molecular weight is 234 g/mol. The number of ketones is 1. The maximum Gasteiger partial charge on any atom is 0.419 e. The standard InChI is InChI=1S/C12H14N2O3/c1-7(15)5-9(13)8-3-4-11-10(6-8)14(2)12(16)17-11/h3-4,6,9H,5,13H2,1-2H3. The number of fused-ring (bicyclic) bond motifs is 1. The van der Waals surface area contributed by atoms with Crippen LogP contribution in [0.1, 0.15) is 24.9 Å². The van der Waals surface area contributed by atoms with Crippen LogP contribution in [-0.2, 0) is 11.8 Å². The zero-order valence-corrected chi connectivity index (χ0v) is 9.77. The summed E-state index contributed by atoms with van der Waals surface area (Å²) in [5, 5.41) is 0. The molecule has 0 bridgehead atoms. The van der Waals surface area contributed by atoms with Crippen molar-refractivity contribution in [2.24, 2.45) is 12.8 Å². The molecule has 1 unspecified atom stereocenters. The highest BCUT2D eigenvalue weighted by atomic mass is 16.4. The van der Waals surface area contributed by atoms with E-state index < -0.39 is 5.76 Å². The Bertz CT molecular complexity index is 624. The summed E-state index contributed by atoms with van der Waals surface area (Å²) < 4.78 is 6.43. The Balaban J connectivity index is 2.46. The molecule has 90 valence electrons. The summed E-state index contributed by atoms with van der Waals surface area (Å²) in [5.74, 6) is -0.365. The Kier molecular flexibility index (Phi) is 2.85. The topological polar surface area (TPSA) is 78.2 Å². The fourth-order valence-corrected chi connectivity index (χ4v) is 1.80. The highest BCUT2D eigenvalue weighted by molar-refractivity contribution is 5.77. The van der Waals surface area contributed by atoms with Crippen molar-refractivity contribution in [1.29, 1.82) is 0 Å². The molecule has 2 aromatic rings. The lowest BCUT2D eigenvalue weighted by molar-refractivity contribution is -0.117. The summed E-state index contributed by atoms with van der Waals surface area (Å²) in [7, 11) is 1.63. The molecule has 0 radical (unpaired) electrons. The Labute approximate surface area is 97.8 Å². The molecule has 0 amide bonds. The van der Waals surface area contributed by atoms with E-state index in [0.29, 0.717) is 11.1 Å². The number of Topliss-reactive ketones (excluding diaryl/α,β-unsaturated/α-hetero) is 1. The number of hydrogen-bond donors (Lipinski definition) is 1. The normalized spacial score (nSPS) is 12.9. The quantitative estimate of drug-likeness (QED) is 0.862. The lowest BCUT2D eigenvalue weighted by atomic mass is 10.0. The zero-order valence-electron chi connectivity index (χ0n) is 9.77. The molecule has 1 atom stereocenters. The van der Waals surface area contributed by atoms with Crippen molar-refractivity contribution >= 4 is 16.9 Å². The Morgan fingerprint density at radius 2 is 2.24 bits per heavy atom. The number of carbonyl (C=O) groups excluding carboxylic acids is 1. The molecule has 1 heterocycles. The highest BCUT2D eigenvalue weighted by Gasteiger charge is 2.12. The predicted octanol–water partition coefficient (Wildman–Crippen LogP) is 1.11. The van der Waals surface area contributed by atoms with Crippen LogP contribution < -0.4 is 11.5 Å². The molecule has 1 aromatic carbocycles. The molecular weight excluding hydrogens is 220 g/mol. The molecule has 5 nitrogen and oxygen atoms in total. The molecule has 5 heteroatoms. The molecule has 17 heavy (non-hydrogen) atoms. The van der Waals surface area contributed by atoms with Crippen molar-refractivity contribution in [3.8, 4) is 0 Å². The minimum Gasteiger partial charge on any atom is -0.408 e. The second-order valence-electron chi connectivity index (χ2n) is 4.17. The largest absolute Gasteiger partial charge is 0.419 e. The van der Waals surface area contributed by atoms with Crippen molar-refractivity contribution < 1.29 is 9.21 Å². The number of rotatable bonds is 3. The molecule has 0 spiro atoms. The van der Waals surface area contributed by atoms with Gasteiger partial charge in [-0.3, -0.25) is 9.36 Å². The summed E-state index contributed by atoms with van der Waals surface area (Å²) >= 11 is 0. The number of carbonyl (C=O) groups is 1. The molecule has 0 aliphatic rings. The Hall–Kier alpha value is -1.88. The first-order chi connectivity index (χ1) is 7.99. The molecule has 0 fully saturated rings. The van der Waals surface area contributed by atoms with Gasteiger partial charge < -0.3 is 10.2 Å². The maximum absolute atomic E-state index is 11.3. The monoisotopic (exact) mass is 234 g/mol. The van der Waals surface area contributed by atoms with Crippen LogP contribution in [0.4, 0.5) is 0 Å². The van der Waals surface area contributed by atoms with E-state index in [1.807, 2.05) is 0 Å². The van der Waals surface area contributed by atoms with E-state index in [0.717, 1.165) is 5.56 Å². The van der Waals surface area contributed by atoms with Crippen LogP contribution in [0.5, 0.6) is 0 Å². The molecule has 2 N–H and O–H groups in total. The smallest absolute Gasteiger partial charge is 0.408 e. The maximum atomic E-state index is 11.3. The van der Waals surface area contributed by atoms with E-state index >= 15 is 0 Å². The van der Waals surface area contributed by atoms with Gasteiger partial charge in [0, 0.05) is 19.5 Å². The highest BCUT2D eigenvalue weighted by Crippen LogP contribution is 2.20. The van der Waals surface area contributed by atoms with Gasteiger partial charge >= 0.3 is 5.76 Å². The van der Waals surface area contributed by atoms with Gasteiger partial charge in [0.25, 0.3) is 0 Å². The van der Waals surface area contributed by atoms with Crippen LogP contribution in [0.2, 0.25) is 0 Å². The summed E-state index contributed by atoms with van der Waals surface area (Å²) in [6.07, 6.45) is 0.289. The van der Waals surface area contributed by atoms with Gasteiger partial charge in [-0.05, 0) is 24.6 Å². The van der Waals surface area contributed by atoms with Crippen LogP contribution in [0.25, 0.3) is 11.1 Å². The van der Waals surface area contributed by atoms with E-state index in [1.54, 1.807) is 25.2 Å². The first-order valence-corrected chi connectivity index (χ1v) is 5.33. The van der Waals surface area contributed by atoms with Gasteiger partial charge in [-0.1, -0.05) is 6.07 Å². The molecule has 1 aromatic heterocycles. The van der Waals surface area contributed by atoms with Crippen LogP contribution in [0.3, 0.4) is 0 Å². The van der Waals surface area contributed by atoms with Gasteiger partial charge in [0.15, 0.2) is 5.58 Å². The fraction of sp³-hybridized carbons (Fsp3) is 0.333. The van der Waals surface area contributed by atoms with Gasteiger partial charge in [0.2, 0.25) is 0 Å². The number of nitrogens with zero attached hydrogens (tertiary/aromatic N) is 1. The second kappa shape index (κ2) is 4.18. The summed E-state index contributed by atoms with van der Waals surface area (Å²) in [6.45, 7) is 1.51. The van der Waals surface area contributed by atoms with Gasteiger partial charge in [0.05, 0.1) is 5.52 Å². The van der Waals surface area contributed by atoms with E-state index in [9.17, 15) is 9.59 Å². The molecule has 0 aliphatic heterocycles. The Morgan fingerprint density at radius 3 is 2.88 bits per heavy atom. The third-order valence-corrected chi connectivity index (χ3v) is 2.75. The minimum atomic E-state index is -0.405. The molecule has 0 saturated heterocycles. The molecular formula is C12H14N2O3. The lowest BCUT2D eigenvalue weighted by Crippen LogP contribution is -2.14. The number of nitrogens with two attached hydrogens (primary N) is 1. The number of hydrogen-bond acceptors (Lipinski definition) is 4. The van der Waals surface area contributed by atoms with Gasteiger partial charge in [0.1, 0.15) is 5.78 Å². The van der Waals surface area contributed by atoms with Crippen LogP contribution in [0.15, 0.2) is 27.4 Å². The fourth-order valence-electron chi connectivity index (χ4n) is 1.80. The van der Waals surface area contributed by atoms with Crippen molar-refractivity contribution in [2.75, 3.05) is 0 Å². The SMILES string of the molecule is CC(=O)CC(N)c1ccc2oc(=O)n(C)c2c1. The van der Waals surface area contributed by atoms with Crippen LogP contribution >= 0.6 is 0 Å². The van der Waals surface area contributed by atoms with Crippen LogP contribution in [-0.4, -0.2) is 10.4 Å². The summed E-state index contributed by atoms with van der Waals surface area (Å²) in [6, 6.07) is 4.92. The first kappa shape index (κ1) is 11.6. The second-order valence-corrected chi connectivity index (χ2v) is 4.17. The van der Waals surface area contributed by atoms with Gasteiger partial charge in [-0.15, -0.1) is 0 Å². The number of aromatic nitrogens is 1. The van der Waals surface area contributed by atoms with Crippen molar-refractivity contribution in [1.82, 2.24) is 4.57 Å². The van der Waals surface area contributed by atoms with Crippen molar-refractivity contribution in [2.45, 2.75) is 19.4 Å². The molecule has 2 rings (SSSR count). The van der Waals surface area contributed by atoms with E-state index in [2.05, 4.69) is 0 Å². The van der Waals surface area contributed by atoms with E-state index in [4.69, 9.17) is 10.2 Å². The summed E-state index contributed by atoms with van der Waals surface area (Å²) in [5.41, 5.74) is 7.94.